The van der Waals surface area contributed by atoms with Crippen LogP contribution in [0.4, 0.5) is 0 Å². The summed E-state index contributed by atoms with van der Waals surface area (Å²) in [6, 6.07) is 9.75. The number of likely N-dealkylation sites (tertiary alicyclic amines) is 1. The number of nitrogens with zero attached hydrogens (tertiary/aromatic N) is 1. The van der Waals surface area contributed by atoms with Gasteiger partial charge in [0.15, 0.2) is 0 Å². The molecular formula is C15H24N2. The number of rotatable bonds is 3. The SMILES string of the molecule is Cc1ccccc1CCN1CCC(N)CC1C. The lowest BCUT2D eigenvalue weighted by atomic mass is 9.98. The predicted octanol–water partition coefficient (Wildman–Crippen LogP) is 2.35. The van der Waals surface area contributed by atoms with E-state index in [9.17, 15) is 0 Å². The van der Waals surface area contributed by atoms with Gasteiger partial charge in [0, 0.05) is 18.6 Å². The molecule has 1 aliphatic rings. The zero-order valence-corrected chi connectivity index (χ0v) is 11.0. The highest BCUT2D eigenvalue weighted by Crippen LogP contribution is 2.17. The zero-order valence-electron chi connectivity index (χ0n) is 11.0. The number of benzene rings is 1. The van der Waals surface area contributed by atoms with Crippen molar-refractivity contribution >= 4 is 0 Å². The van der Waals surface area contributed by atoms with Crippen LogP contribution >= 0.6 is 0 Å². The van der Waals surface area contributed by atoms with Crippen molar-refractivity contribution in [2.24, 2.45) is 5.73 Å². The van der Waals surface area contributed by atoms with Crippen LogP contribution in [0.2, 0.25) is 0 Å². The lowest BCUT2D eigenvalue weighted by Gasteiger charge is -2.36. The van der Waals surface area contributed by atoms with Gasteiger partial charge in [0.1, 0.15) is 0 Å². The Bertz CT molecular complexity index is 362. The van der Waals surface area contributed by atoms with Gasteiger partial charge in [0.25, 0.3) is 0 Å². The molecule has 1 saturated heterocycles. The minimum atomic E-state index is 0.416. The van der Waals surface area contributed by atoms with Crippen LogP contribution in [0.25, 0.3) is 0 Å². The average molecular weight is 232 g/mol. The van der Waals surface area contributed by atoms with Crippen molar-refractivity contribution in [3.8, 4) is 0 Å². The van der Waals surface area contributed by atoms with E-state index in [1.54, 1.807) is 0 Å². The summed E-state index contributed by atoms with van der Waals surface area (Å²) in [5.74, 6) is 0. The van der Waals surface area contributed by atoms with Gasteiger partial charge < -0.3 is 10.6 Å². The highest BCUT2D eigenvalue weighted by molar-refractivity contribution is 5.25. The Balaban J connectivity index is 1.88. The molecule has 1 aromatic rings. The lowest BCUT2D eigenvalue weighted by molar-refractivity contribution is 0.149. The first-order valence-corrected chi connectivity index (χ1v) is 6.71. The van der Waals surface area contributed by atoms with E-state index >= 15 is 0 Å². The maximum Gasteiger partial charge on any atom is 0.00818 e. The molecule has 2 atom stereocenters. The molecule has 17 heavy (non-hydrogen) atoms. The molecule has 2 rings (SSSR count). The topological polar surface area (TPSA) is 29.3 Å². The van der Waals surface area contributed by atoms with Crippen molar-refractivity contribution in [2.45, 2.75) is 45.2 Å². The summed E-state index contributed by atoms with van der Waals surface area (Å²) in [6.45, 7) is 6.83. The third-order valence-electron chi connectivity index (χ3n) is 3.98. The third-order valence-corrected chi connectivity index (χ3v) is 3.98. The quantitative estimate of drug-likeness (QED) is 0.867. The summed E-state index contributed by atoms with van der Waals surface area (Å²) >= 11 is 0. The minimum absolute atomic E-state index is 0.416. The molecule has 2 heteroatoms. The van der Waals surface area contributed by atoms with Gasteiger partial charge in [-0.05, 0) is 50.8 Å². The fraction of sp³-hybridized carbons (Fsp3) is 0.600. The second-order valence-electron chi connectivity index (χ2n) is 5.35. The summed E-state index contributed by atoms with van der Waals surface area (Å²) in [4.78, 5) is 2.58. The van der Waals surface area contributed by atoms with Crippen LogP contribution in [0.5, 0.6) is 0 Å². The third kappa shape index (κ3) is 3.30. The summed E-state index contributed by atoms with van der Waals surface area (Å²) in [5.41, 5.74) is 8.88. The largest absolute Gasteiger partial charge is 0.328 e. The second kappa shape index (κ2) is 5.65. The molecule has 1 heterocycles. The lowest BCUT2D eigenvalue weighted by Crippen LogP contribution is -2.46. The van der Waals surface area contributed by atoms with Crippen LogP contribution < -0.4 is 5.73 Å². The zero-order chi connectivity index (χ0) is 12.3. The number of aryl methyl sites for hydroxylation is 1. The number of piperidine rings is 1. The van der Waals surface area contributed by atoms with E-state index < -0.39 is 0 Å². The summed E-state index contributed by atoms with van der Waals surface area (Å²) in [7, 11) is 0. The molecule has 0 aromatic heterocycles. The molecule has 2 unspecified atom stereocenters. The van der Waals surface area contributed by atoms with Crippen molar-refractivity contribution in [3.63, 3.8) is 0 Å². The molecule has 1 aromatic carbocycles. The van der Waals surface area contributed by atoms with Gasteiger partial charge >= 0.3 is 0 Å². The van der Waals surface area contributed by atoms with Gasteiger partial charge in [-0.15, -0.1) is 0 Å². The van der Waals surface area contributed by atoms with Crippen LogP contribution in [0.15, 0.2) is 24.3 Å². The fourth-order valence-electron chi connectivity index (χ4n) is 2.74. The number of hydrogen-bond acceptors (Lipinski definition) is 2. The molecule has 0 amide bonds. The van der Waals surface area contributed by atoms with Gasteiger partial charge in [-0.2, -0.15) is 0 Å². The van der Waals surface area contributed by atoms with E-state index in [0.717, 1.165) is 25.8 Å². The van der Waals surface area contributed by atoms with Crippen molar-refractivity contribution in [2.75, 3.05) is 13.1 Å². The summed E-state index contributed by atoms with van der Waals surface area (Å²) in [6.07, 6.45) is 3.46. The smallest absolute Gasteiger partial charge is 0.00818 e. The number of hydrogen-bond donors (Lipinski definition) is 1. The van der Waals surface area contributed by atoms with Crippen molar-refractivity contribution in [1.82, 2.24) is 4.90 Å². The van der Waals surface area contributed by atoms with E-state index in [2.05, 4.69) is 43.0 Å². The standard InChI is InChI=1S/C15H24N2/c1-12-5-3-4-6-14(12)7-9-17-10-8-15(16)11-13(17)2/h3-6,13,15H,7-11,16H2,1-2H3. The molecule has 2 N–H and O–H groups in total. The van der Waals surface area contributed by atoms with Crippen LogP contribution in [-0.4, -0.2) is 30.1 Å². The molecule has 0 spiro atoms. The van der Waals surface area contributed by atoms with E-state index in [-0.39, 0.29) is 0 Å². The molecule has 1 fully saturated rings. The summed E-state index contributed by atoms with van der Waals surface area (Å²) < 4.78 is 0. The highest BCUT2D eigenvalue weighted by Gasteiger charge is 2.22. The molecule has 0 saturated carbocycles. The Morgan fingerprint density at radius 2 is 2.12 bits per heavy atom. The van der Waals surface area contributed by atoms with Gasteiger partial charge in [-0.25, -0.2) is 0 Å². The van der Waals surface area contributed by atoms with Crippen LogP contribution in [-0.2, 0) is 6.42 Å². The highest BCUT2D eigenvalue weighted by atomic mass is 15.2. The molecule has 2 nitrogen and oxygen atoms in total. The summed E-state index contributed by atoms with van der Waals surface area (Å²) in [5, 5.41) is 0. The minimum Gasteiger partial charge on any atom is -0.328 e. The normalized spacial score (nSPS) is 26.1. The first-order valence-electron chi connectivity index (χ1n) is 6.71. The van der Waals surface area contributed by atoms with Crippen molar-refractivity contribution in [3.05, 3.63) is 35.4 Å². The Morgan fingerprint density at radius 1 is 1.35 bits per heavy atom. The van der Waals surface area contributed by atoms with Gasteiger partial charge in [0.05, 0.1) is 0 Å². The monoisotopic (exact) mass is 232 g/mol. The predicted molar refractivity (Wildman–Crippen MR) is 73.1 cm³/mol. The number of nitrogens with two attached hydrogens (primary N) is 1. The maximum absolute atomic E-state index is 5.99. The average Bonchev–Trinajstić information content (AvgIpc) is 2.30. The Labute approximate surface area is 105 Å². The van der Waals surface area contributed by atoms with E-state index in [1.807, 2.05) is 0 Å². The van der Waals surface area contributed by atoms with Crippen LogP contribution in [0.3, 0.4) is 0 Å². The molecule has 1 aliphatic heterocycles. The van der Waals surface area contributed by atoms with Crippen LogP contribution in [0.1, 0.15) is 30.9 Å². The van der Waals surface area contributed by atoms with E-state index in [0.29, 0.717) is 12.1 Å². The first kappa shape index (κ1) is 12.6. The Morgan fingerprint density at radius 3 is 2.82 bits per heavy atom. The molecule has 0 bridgehead atoms. The molecule has 0 radical (unpaired) electrons. The van der Waals surface area contributed by atoms with Crippen molar-refractivity contribution < 1.29 is 0 Å². The van der Waals surface area contributed by atoms with Gasteiger partial charge in [-0.3, -0.25) is 0 Å². The Hall–Kier alpha value is -0.860. The van der Waals surface area contributed by atoms with Crippen LogP contribution in [0, 0.1) is 6.92 Å². The van der Waals surface area contributed by atoms with Gasteiger partial charge in [-0.1, -0.05) is 24.3 Å². The van der Waals surface area contributed by atoms with Gasteiger partial charge in [0.2, 0.25) is 0 Å². The van der Waals surface area contributed by atoms with E-state index in [4.69, 9.17) is 5.73 Å². The van der Waals surface area contributed by atoms with Crippen molar-refractivity contribution in [1.29, 1.82) is 0 Å². The van der Waals surface area contributed by atoms with E-state index in [1.165, 1.54) is 17.7 Å². The Kier molecular flexibility index (Phi) is 4.19. The first-order chi connectivity index (χ1) is 8.16. The second-order valence-corrected chi connectivity index (χ2v) is 5.35. The maximum atomic E-state index is 5.99. The molecular weight excluding hydrogens is 208 g/mol. The molecule has 94 valence electrons. The fourth-order valence-corrected chi connectivity index (χ4v) is 2.74. The molecule has 0 aliphatic carbocycles.